The molecule has 0 aliphatic carbocycles. The molecule has 1 aromatic carbocycles. The second-order valence-corrected chi connectivity index (χ2v) is 4.38. The van der Waals surface area contributed by atoms with Gasteiger partial charge in [-0.1, -0.05) is 38.1 Å². The minimum absolute atomic E-state index is 0.516. The van der Waals surface area contributed by atoms with Crippen molar-refractivity contribution in [3.8, 4) is 6.07 Å². The monoisotopic (exact) mass is 230 g/mol. The fraction of sp³-hybridized carbons (Fsp3) is 0.533. The Balaban J connectivity index is 2.74. The maximum absolute atomic E-state index is 8.82. The van der Waals surface area contributed by atoms with Crippen molar-refractivity contribution in [1.82, 2.24) is 4.90 Å². The van der Waals surface area contributed by atoms with Gasteiger partial charge in [0.2, 0.25) is 0 Å². The van der Waals surface area contributed by atoms with Gasteiger partial charge >= 0.3 is 0 Å². The molecule has 1 rings (SSSR count). The zero-order valence-electron chi connectivity index (χ0n) is 10.9. The minimum atomic E-state index is 0.516. The molecule has 0 atom stereocenters. The minimum Gasteiger partial charge on any atom is -0.299 e. The summed E-state index contributed by atoms with van der Waals surface area (Å²) in [7, 11) is 0. The molecule has 92 valence electrons. The molecule has 0 fully saturated rings. The highest BCUT2D eigenvalue weighted by Crippen LogP contribution is 2.13. The number of nitriles is 1. The van der Waals surface area contributed by atoms with Gasteiger partial charge in [-0.3, -0.25) is 4.90 Å². The Morgan fingerprint density at radius 1 is 1.06 bits per heavy atom. The summed E-state index contributed by atoms with van der Waals surface area (Å²) in [6.45, 7) is 7.66. The van der Waals surface area contributed by atoms with Crippen LogP contribution < -0.4 is 0 Å². The first-order chi connectivity index (χ1) is 8.31. The van der Waals surface area contributed by atoms with Gasteiger partial charge in [0.25, 0.3) is 0 Å². The van der Waals surface area contributed by atoms with E-state index in [1.54, 1.807) is 0 Å². The zero-order chi connectivity index (χ0) is 12.5. The molecule has 0 heterocycles. The van der Waals surface area contributed by atoms with E-state index in [0.717, 1.165) is 19.6 Å². The molecule has 0 unspecified atom stereocenters. The smallest absolute Gasteiger partial charge is 0.0669 e. The van der Waals surface area contributed by atoms with Crippen LogP contribution in [-0.2, 0) is 13.0 Å². The van der Waals surface area contributed by atoms with Crippen molar-refractivity contribution in [2.24, 2.45) is 0 Å². The van der Waals surface area contributed by atoms with Gasteiger partial charge in [0, 0.05) is 6.54 Å². The van der Waals surface area contributed by atoms with E-state index in [1.807, 2.05) is 6.07 Å². The molecule has 1 aromatic rings. The number of hydrogen-bond acceptors (Lipinski definition) is 2. The summed E-state index contributed by atoms with van der Waals surface area (Å²) in [5, 5.41) is 8.82. The standard InChI is InChI=1S/C15H22N2/c1-3-11-17(12-4-2)13-15-8-6-5-7-14(15)9-10-16/h5-8H,3-4,9,11-13H2,1-2H3. The molecule has 2 heteroatoms. The van der Waals surface area contributed by atoms with Crippen LogP contribution in [-0.4, -0.2) is 18.0 Å². The Kier molecular flexibility index (Phi) is 6.35. The third-order valence-corrected chi connectivity index (χ3v) is 2.86. The Hall–Kier alpha value is -1.33. The maximum atomic E-state index is 8.82. The summed E-state index contributed by atoms with van der Waals surface area (Å²) in [6, 6.07) is 10.5. The van der Waals surface area contributed by atoms with Crippen LogP contribution >= 0.6 is 0 Å². The molecule has 0 aliphatic heterocycles. The molecule has 0 saturated carbocycles. The molecule has 2 nitrogen and oxygen atoms in total. The average molecular weight is 230 g/mol. The van der Waals surface area contributed by atoms with Crippen LogP contribution in [0, 0.1) is 11.3 Å². The molecule has 0 radical (unpaired) electrons. The van der Waals surface area contributed by atoms with Crippen LogP contribution in [0.4, 0.5) is 0 Å². The lowest BCUT2D eigenvalue weighted by molar-refractivity contribution is 0.266. The number of hydrogen-bond donors (Lipinski definition) is 0. The van der Waals surface area contributed by atoms with Crippen molar-refractivity contribution in [2.75, 3.05) is 13.1 Å². The summed E-state index contributed by atoms with van der Waals surface area (Å²) in [5.41, 5.74) is 2.48. The molecule has 0 aromatic heterocycles. The molecular formula is C15H22N2. The molecule has 0 bridgehead atoms. The van der Waals surface area contributed by atoms with Crippen molar-refractivity contribution in [2.45, 2.75) is 39.7 Å². The van der Waals surface area contributed by atoms with Crippen molar-refractivity contribution in [3.05, 3.63) is 35.4 Å². The highest BCUT2D eigenvalue weighted by Gasteiger charge is 2.07. The molecule has 0 N–H and O–H groups in total. The quantitative estimate of drug-likeness (QED) is 0.718. The van der Waals surface area contributed by atoms with E-state index in [2.05, 4.69) is 43.0 Å². The Labute approximate surface area is 105 Å². The summed E-state index contributed by atoms with van der Waals surface area (Å²) < 4.78 is 0. The number of rotatable bonds is 7. The fourth-order valence-electron chi connectivity index (χ4n) is 2.11. The Bertz CT molecular complexity index is 359. The molecular weight excluding hydrogens is 208 g/mol. The van der Waals surface area contributed by atoms with E-state index in [4.69, 9.17) is 5.26 Å². The van der Waals surface area contributed by atoms with Gasteiger partial charge in [-0.2, -0.15) is 5.26 Å². The SMILES string of the molecule is CCCN(CCC)Cc1ccccc1CC#N. The lowest BCUT2D eigenvalue weighted by atomic mass is 10.0. The first kappa shape index (κ1) is 13.7. The largest absolute Gasteiger partial charge is 0.299 e. The van der Waals surface area contributed by atoms with E-state index in [-0.39, 0.29) is 0 Å². The van der Waals surface area contributed by atoms with Gasteiger partial charge in [0.15, 0.2) is 0 Å². The van der Waals surface area contributed by atoms with Crippen LogP contribution in [0.3, 0.4) is 0 Å². The van der Waals surface area contributed by atoms with Crippen molar-refractivity contribution in [1.29, 1.82) is 5.26 Å². The number of benzene rings is 1. The van der Waals surface area contributed by atoms with Crippen LogP contribution in [0.15, 0.2) is 24.3 Å². The van der Waals surface area contributed by atoms with E-state index < -0.39 is 0 Å². The van der Waals surface area contributed by atoms with Gasteiger partial charge in [-0.05, 0) is 37.1 Å². The third-order valence-electron chi connectivity index (χ3n) is 2.86. The fourth-order valence-corrected chi connectivity index (χ4v) is 2.11. The van der Waals surface area contributed by atoms with Crippen LogP contribution in [0.25, 0.3) is 0 Å². The zero-order valence-corrected chi connectivity index (χ0v) is 10.9. The van der Waals surface area contributed by atoms with Crippen LogP contribution in [0.5, 0.6) is 0 Å². The average Bonchev–Trinajstić information content (AvgIpc) is 2.33. The number of nitrogens with zero attached hydrogens (tertiary/aromatic N) is 2. The van der Waals surface area contributed by atoms with E-state index in [1.165, 1.54) is 24.0 Å². The van der Waals surface area contributed by atoms with Crippen molar-refractivity contribution < 1.29 is 0 Å². The first-order valence-electron chi connectivity index (χ1n) is 6.47. The van der Waals surface area contributed by atoms with E-state index >= 15 is 0 Å². The topological polar surface area (TPSA) is 27.0 Å². The summed E-state index contributed by atoms with van der Waals surface area (Å²) in [4.78, 5) is 2.47. The van der Waals surface area contributed by atoms with Crippen LogP contribution in [0.2, 0.25) is 0 Å². The van der Waals surface area contributed by atoms with Gasteiger partial charge in [-0.25, -0.2) is 0 Å². The lowest BCUT2D eigenvalue weighted by Gasteiger charge is -2.22. The predicted molar refractivity (Wildman–Crippen MR) is 71.6 cm³/mol. The molecule has 0 aliphatic rings. The van der Waals surface area contributed by atoms with E-state index in [0.29, 0.717) is 6.42 Å². The predicted octanol–water partition coefficient (Wildman–Crippen LogP) is 3.37. The second-order valence-electron chi connectivity index (χ2n) is 4.38. The highest BCUT2D eigenvalue weighted by molar-refractivity contribution is 5.29. The molecule has 17 heavy (non-hydrogen) atoms. The highest BCUT2D eigenvalue weighted by atomic mass is 15.1. The van der Waals surface area contributed by atoms with Crippen molar-refractivity contribution in [3.63, 3.8) is 0 Å². The summed E-state index contributed by atoms with van der Waals surface area (Å²) >= 11 is 0. The normalized spacial score (nSPS) is 10.5. The summed E-state index contributed by atoms with van der Waals surface area (Å²) in [5.74, 6) is 0. The van der Waals surface area contributed by atoms with Gasteiger partial charge in [0.05, 0.1) is 12.5 Å². The van der Waals surface area contributed by atoms with Gasteiger partial charge in [0.1, 0.15) is 0 Å². The Morgan fingerprint density at radius 3 is 2.18 bits per heavy atom. The van der Waals surface area contributed by atoms with Gasteiger partial charge in [-0.15, -0.1) is 0 Å². The van der Waals surface area contributed by atoms with Crippen LogP contribution in [0.1, 0.15) is 37.8 Å². The third kappa shape index (κ3) is 4.58. The molecule has 0 spiro atoms. The summed E-state index contributed by atoms with van der Waals surface area (Å²) in [6.07, 6.45) is 2.88. The first-order valence-corrected chi connectivity index (χ1v) is 6.47. The Morgan fingerprint density at radius 2 is 1.65 bits per heavy atom. The lowest BCUT2D eigenvalue weighted by Crippen LogP contribution is -2.25. The molecule has 0 saturated heterocycles. The van der Waals surface area contributed by atoms with Gasteiger partial charge < -0.3 is 0 Å². The maximum Gasteiger partial charge on any atom is 0.0669 e. The second kappa shape index (κ2) is 7.86. The van der Waals surface area contributed by atoms with E-state index in [9.17, 15) is 0 Å². The van der Waals surface area contributed by atoms with Crippen molar-refractivity contribution >= 4 is 0 Å². The molecule has 0 amide bonds.